The Morgan fingerprint density at radius 1 is 1.37 bits per heavy atom. The molecule has 0 bridgehead atoms. The first kappa shape index (κ1) is 15.1. The number of hydrogen-bond donors (Lipinski definition) is 1. The molecule has 108 valence electrons. The zero-order valence-electron chi connectivity index (χ0n) is 11.5. The smallest absolute Gasteiger partial charge is 0.0762 e. The maximum atomic E-state index is 6.03. The van der Waals surface area contributed by atoms with Crippen LogP contribution in [-0.2, 0) is 6.54 Å². The van der Waals surface area contributed by atoms with Crippen LogP contribution in [0.25, 0.3) is 0 Å². The Balaban J connectivity index is 1.92. The predicted molar refractivity (Wildman–Crippen MR) is 81.0 cm³/mol. The minimum Gasteiger partial charge on any atom is -0.303 e. The zero-order chi connectivity index (χ0) is 13.7. The van der Waals surface area contributed by atoms with Crippen molar-refractivity contribution >= 4 is 23.2 Å². The number of halogens is 2. The number of rotatable bonds is 7. The fraction of sp³-hybridized carbons (Fsp3) is 0.786. The lowest BCUT2D eigenvalue weighted by Gasteiger charge is -2.29. The monoisotopic (exact) mass is 303 g/mol. The summed E-state index contributed by atoms with van der Waals surface area (Å²) >= 11 is 12.1. The van der Waals surface area contributed by atoms with E-state index in [2.05, 4.69) is 34.3 Å². The SMILES string of the molecule is CCC(CCl)(CCl)NCc1ccn(C2CCCC2)n1. The molecule has 1 aromatic heterocycles. The summed E-state index contributed by atoms with van der Waals surface area (Å²) in [7, 11) is 0. The summed E-state index contributed by atoms with van der Waals surface area (Å²) in [5, 5.41) is 8.13. The predicted octanol–water partition coefficient (Wildman–Crippen LogP) is 3.71. The van der Waals surface area contributed by atoms with Gasteiger partial charge in [0, 0.05) is 30.0 Å². The summed E-state index contributed by atoms with van der Waals surface area (Å²) in [4.78, 5) is 0. The molecule has 2 rings (SSSR count). The van der Waals surface area contributed by atoms with Gasteiger partial charge in [0.05, 0.1) is 11.7 Å². The molecular formula is C14H23Cl2N3. The van der Waals surface area contributed by atoms with Gasteiger partial charge in [0.1, 0.15) is 0 Å². The molecule has 0 aliphatic heterocycles. The molecule has 1 heterocycles. The third kappa shape index (κ3) is 3.65. The van der Waals surface area contributed by atoms with Crippen LogP contribution >= 0.6 is 23.2 Å². The fourth-order valence-electron chi connectivity index (χ4n) is 2.57. The fourth-order valence-corrected chi connectivity index (χ4v) is 3.42. The quantitative estimate of drug-likeness (QED) is 0.778. The second-order valence-electron chi connectivity index (χ2n) is 5.48. The van der Waals surface area contributed by atoms with Crippen LogP contribution in [0.5, 0.6) is 0 Å². The van der Waals surface area contributed by atoms with Gasteiger partial charge in [0.25, 0.3) is 0 Å². The molecule has 1 saturated carbocycles. The Hall–Kier alpha value is -0.250. The minimum atomic E-state index is -0.180. The van der Waals surface area contributed by atoms with Crippen molar-refractivity contribution in [3.05, 3.63) is 18.0 Å². The molecule has 5 heteroatoms. The summed E-state index contributed by atoms with van der Waals surface area (Å²) in [6.07, 6.45) is 8.20. The Morgan fingerprint density at radius 2 is 2.05 bits per heavy atom. The van der Waals surface area contributed by atoms with E-state index >= 15 is 0 Å². The van der Waals surface area contributed by atoms with Crippen molar-refractivity contribution in [2.75, 3.05) is 11.8 Å². The maximum absolute atomic E-state index is 6.03. The highest BCUT2D eigenvalue weighted by molar-refractivity contribution is 6.22. The van der Waals surface area contributed by atoms with E-state index in [1.54, 1.807) is 0 Å². The Labute approximate surface area is 125 Å². The lowest BCUT2D eigenvalue weighted by atomic mass is 10.0. The van der Waals surface area contributed by atoms with Gasteiger partial charge >= 0.3 is 0 Å². The second-order valence-corrected chi connectivity index (χ2v) is 6.01. The number of hydrogen-bond acceptors (Lipinski definition) is 2. The van der Waals surface area contributed by atoms with Crippen LogP contribution in [0.3, 0.4) is 0 Å². The molecule has 3 nitrogen and oxygen atoms in total. The van der Waals surface area contributed by atoms with Crippen LogP contribution in [-0.4, -0.2) is 27.1 Å². The van der Waals surface area contributed by atoms with Crippen molar-refractivity contribution in [3.8, 4) is 0 Å². The van der Waals surface area contributed by atoms with Gasteiger partial charge in [0.15, 0.2) is 0 Å². The lowest BCUT2D eigenvalue weighted by molar-refractivity contribution is 0.379. The standard InChI is InChI=1S/C14H23Cl2N3/c1-2-14(10-15,11-16)17-9-12-7-8-19(18-12)13-5-3-4-6-13/h7-8,13,17H,2-6,9-11H2,1H3. The van der Waals surface area contributed by atoms with Crippen LogP contribution in [0, 0.1) is 0 Å². The first-order chi connectivity index (χ1) is 9.23. The van der Waals surface area contributed by atoms with E-state index < -0.39 is 0 Å². The zero-order valence-corrected chi connectivity index (χ0v) is 13.1. The van der Waals surface area contributed by atoms with Crippen molar-refractivity contribution < 1.29 is 0 Å². The normalized spacial score (nSPS) is 17.2. The molecule has 0 amide bonds. The van der Waals surface area contributed by atoms with Gasteiger partial charge in [-0.25, -0.2) is 0 Å². The molecule has 1 aliphatic carbocycles. The highest BCUT2D eigenvalue weighted by Gasteiger charge is 2.25. The molecule has 0 atom stereocenters. The topological polar surface area (TPSA) is 29.9 Å². The van der Waals surface area contributed by atoms with E-state index in [1.807, 2.05) is 0 Å². The third-order valence-electron chi connectivity index (χ3n) is 4.20. The van der Waals surface area contributed by atoms with E-state index in [-0.39, 0.29) is 5.54 Å². The summed E-state index contributed by atoms with van der Waals surface area (Å²) in [6, 6.07) is 2.69. The molecule has 1 aromatic rings. The summed E-state index contributed by atoms with van der Waals surface area (Å²) in [5.41, 5.74) is 0.889. The Morgan fingerprint density at radius 3 is 2.63 bits per heavy atom. The number of alkyl halides is 2. The molecule has 0 aromatic carbocycles. The average molecular weight is 304 g/mol. The molecule has 1 fully saturated rings. The second kappa shape index (κ2) is 6.96. The van der Waals surface area contributed by atoms with Crippen molar-refractivity contribution in [2.24, 2.45) is 0 Å². The van der Waals surface area contributed by atoms with Crippen molar-refractivity contribution in [1.82, 2.24) is 15.1 Å². The Kier molecular flexibility index (Phi) is 5.55. The van der Waals surface area contributed by atoms with Crippen molar-refractivity contribution in [1.29, 1.82) is 0 Å². The number of nitrogens with one attached hydrogen (secondary N) is 1. The molecule has 19 heavy (non-hydrogen) atoms. The largest absolute Gasteiger partial charge is 0.303 e. The molecule has 0 saturated heterocycles. The highest BCUT2D eigenvalue weighted by atomic mass is 35.5. The van der Waals surface area contributed by atoms with Gasteiger partial charge in [-0.2, -0.15) is 5.10 Å². The highest BCUT2D eigenvalue weighted by Crippen LogP contribution is 2.28. The van der Waals surface area contributed by atoms with Crippen molar-refractivity contribution in [3.63, 3.8) is 0 Å². The van der Waals surface area contributed by atoms with Gasteiger partial charge in [-0.15, -0.1) is 23.2 Å². The molecule has 1 N–H and O–H groups in total. The summed E-state index contributed by atoms with van der Waals surface area (Å²) in [6.45, 7) is 2.84. The van der Waals surface area contributed by atoms with Crippen LogP contribution in [0.4, 0.5) is 0 Å². The molecule has 0 radical (unpaired) electrons. The van der Waals surface area contributed by atoms with Crippen LogP contribution in [0.2, 0.25) is 0 Å². The van der Waals surface area contributed by atoms with Crippen LogP contribution < -0.4 is 5.32 Å². The number of aromatic nitrogens is 2. The van der Waals surface area contributed by atoms with Crippen molar-refractivity contribution in [2.45, 2.75) is 57.2 Å². The van der Waals surface area contributed by atoms with Gasteiger partial charge < -0.3 is 5.32 Å². The minimum absolute atomic E-state index is 0.180. The summed E-state index contributed by atoms with van der Waals surface area (Å²) < 4.78 is 2.12. The number of nitrogens with zero attached hydrogens (tertiary/aromatic N) is 2. The third-order valence-corrected chi connectivity index (χ3v) is 5.22. The van der Waals surface area contributed by atoms with Gasteiger partial charge in [-0.3, -0.25) is 4.68 Å². The maximum Gasteiger partial charge on any atom is 0.0762 e. The van der Waals surface area contributed by atoms with E-state index in [0.717, 1.165) is 18.7 Å². The van der Waals surface area contributed by atoms with E-state index in [0.29, 0.717) is 17.8 Å². The van der Waals surface area contributed by atoms with Gasteiger partial charge in [0.2, 0.25) is 0 Å². The van der Waals surface area contributed by atoms with Gasteiger partial charge in [-0.1, -0.05) is 19.8 Å². The van der Waals surface area contributed by atoms with Crippen LogP contribution in [0.1, 0.15) is 50.8 Å². The summed E-state index contributed by atoms with van der Waals surface area (Å²) in [5.74, 6) is 1.05. The van der Waals surface area contributed by atoms with Gasteiger partial charge in [-0.05, 0) is 25.3 Å². The first-order valence-corrected chi connectivity index (χ1v) is 8.21. The molecular weight excluding hydrogens is 281 g/mol. The Bertz CT molecular complexity index is 374. The van der Waals surface area contributed by atoms with E-state index in [9.17, 15) is 0 Å². The average Bonchev–Trinajstić information content (AvgIpc) is 3.12. The first-order valence-electron chi connectivity index (χ1n) is 7.14. The molecule has 0 spiro atoms. The lowest BCUT2D eigenvalue weighted by Crippen LogP contribution is -2.48. The van der Waals surface area contributed by atoms with Crippen LogP contribution in [0.15, 0.2) is 12.3 Å². The van der Waals surface area contributed by atoms with E-state index in [4.69, 9.17) is 23.2 Å². The molecule has 1 aliphatic rings. The van der Waals surface area contributed by atoms with E-state index in [1.165, 1.54) is 25.7 Å². The molecule has 0 unspecified atom stereocenters.